The highest BCUT2D eigenvalue weighted by Gasteiger charge is 2.04. The number of ether oxygens (including phenoxy) is 1. The Balaban J connectivity index is 2.01. The minimum Gasteiger partial charge on any atom is -0.463 e. The molecule has 3 aromatic rings. The fourth-order valence-corrected chi connectivity index (χ4v) is 2.26. The summed E-state index contributed by atoms with van der Waals surface area (Å²) >= 11 is 0. The van der Waals surface area contributed by atoms with Gasteiger partial charge in [0.15, 0.2) is 0 Å². The first kappa shape index (κ1) is 14.1. The van der Waals surface area contributed by atoms with Gasteiger partial charge in [0.05, 0.1) is 0 Å². The number of hydrogen-bond acceptors (Lipinski definition) is 2. The van der Waals surface area contributed by atoms with Crippen molar-refractivity contribution in [1.29, 1.82) is 0 Å². The Morgan fingerprint density at radius 3 is 2.27 bits per heavy atom. The van der Waals surface area contributed by atoms with Crippen LogP contribution in [-0.2, 0) is 0 Å². The minimum atomic E-state index is -0.872. The summed E-state index contributed by atoms with van der Waals surface area (Å²) in [5.41, 5.74) is 2.56. The van der Waals surface area contributed by atoms with Crippen LogP contribution in [0.4, 0.5) is 4.39 Å². The van der Waals surface area contributed by atoms with Crippen LogP contribution < -0.4 is 10.3 Å². The van der Waals surface area contributed by atoms with Crippen molar-refractivity contribution < 1.29 is 9.13 Å². The molecule has 110 valence electrons. The summed E-state index contributed by atoms with van der Waals surface area (Å²) in [6.07, 6.45) is 1.79. The number of alkyl halides is 1. The molecule has 0 saturated carbocycles. The van der Waals surface area contributed by atoms with Gasteiger partial charge in [-0.25, -0.2) is 4.39 Å². The average Bonchev–Trinajstić information content (AvgIpc) is 2.57. The molecule has 0 radical (unpaired) electrons. The Bertz CT molecular complexity index is 810. The Morgan fingerprint density at radius 2 is 1.59 bits per heavy atom. The summed E-state index contributed by atoms with van der Waals surface area (Å²) in [6.45, 7) is -0.872. The van der Waals surface area contributed by atoms with Gasteiger partial charge in [-0.3, -0.25) is 9.36 Å². The zero-order valence-corrected chi connectivity index (χ0v) is 11.8. The lowest BCUT2D eigenvalue weighted by atomic mass is 10.1. The normalized spacial score (nSPS) is 10.4. The first-order chi connectivity index (χ1) is 10.8. The average molecular weight is 295 g/mol. The van der Waals surface area contributed by atoms with Gasteiger partial charge in [-0.15, -0.1) is 0 Å². The quantitative estimate of drug-likeness (QED) is 0.733. The molecule has 0 fully saturated rings. The van der Waals surface area contributed by atoms with E-state index in [9.17, 15) is 9.18 Å². The van der Waals surface area contributed by atoms with Crippen LogP contribution in [0.1, 0.15) is 0 Å². The predicted octanol–water partition coefficient (Wildman–Crippen LogP) is 3.81. The van der Waals surface area contributed by atoms with Crippen LogP contribution >= 0.6 is 0 Å². The number of rotatable bonds is 4. The Morgan fingerprint density at radius 1 is 0.864 bits per heavy atom. The van der Waals surface area contributed by atoms with Crippen LogP contribution in [0.5, 0.6) is 5.75 Å². The predicted molar refractivity (Wildman–Crippen MR) is 84.1 cm³/mol. The van der Waals surface area contributed by atoms with E-state index in [1.54, 1.807) is 41.1 Å². The second-order valence-corrected chi connectivity index (χ2v) is 4.74. The molecule has 0 aliphatic heterocycles. The maximum Gasteiger partial charge on any atom is 0.255 e. The molecule has 4 heteroatoms. The van der Waals surface area contributed by atoms with Crippen molar-refractivity contribution in [1.82, 2.24) is 4.57 Å². The molecule has 0 aliphatic carbocycles. The second-order valence-electron chi connectivity index (χ2n) is 4.74. The van der Waals surface area contributed by atoms with E-state index >= 15 is 0 Å². The molecule has 0 unspecified atom stereocenters. The summed E-state index contributed by atoms with van der Waals surface area (Å²) < 4.78 is 18.5. The van der Waals surface area contributed by atoms with Crippen molar-refractivity contribution in [3.05, 3.63) is 83.3 Å². The number of nitrogens with zero attached hydrogens (tertiary/aromatic N) is 1. The zero-order chi connectivity index (χ0) is 15.4. The lowest BCUT2D eigenvalue weighted by Crippen LogP contribution is -2.16. The largest absolute Gasteiger partial charge is 0.463 e. The van der Waals surface area contributed by atoms with Crippen molar-refractivity contribution in [2.75, 3.05) is 6.86 Å². The van der Waals surface area contributed by atoms with E-state index in [4.69, 9.17) is 4.74 Å². The Labute approximate surface area is 127 Å². The van der Waals surface area contributed by atoms with Crippen molar-refractivity contribution in [3.8, 4) is 22.6 Å². The number of halogens is 1. The molecule has 0 atom stereocenters. The van der Waals surface area contributed by atoms with Crippen LogP contribution in [-0.4, -0.2) is 11.4 Å². The first-order valence-electron chi connectivity index (χ1n) is 6.85. The Hall–Kier alpha value is -2.88. The lowest BCUT2D eigenvalue weighted by molar-refractivity contribution is 0.192. The van der Waals surface area contributed by atoms with Gasteiger partial charge in [0.2, 0.25) is 6.86 Å². The zero-order valence-electron chi connectivity index (χ0n) is 11.8. The second kappa shape index (κ2) is 6.26. The number of hydrogen-bond donors (Lipinski definition) is 0. The molecule has 1 heterocycles. The van der Waals surface area contributed by atoms with Gasteiger partial charge < -0.3 is 4.74 Å². The van der Waals surface area contributed by atoms with Crippen LogP contribution in [0.2, 0.25) is 0 Å². The molecular weight excluding hydrogens is 281 g/mol. The summed E-state index contributed by atoms with van der Waals surface area (Å²) in [5, 5.41) is 0. The SMILES string of the molecule is O=c1ccc(-c2ccccc2)cn1-c1ccc(OCF)cc1. The summed E-state index contributed by atoms with van der Waals surface area (Å²) in [5.74, 6) is 0.429. The summed E-state index contributed by atoms with van der Waals surface area (Å²) in [7, 11) is 0. The monoisotopic (exact) mass is 295 g/mol. The molecule has 1 aromatic heterocycles. The number of benzene rings is 2. The van der Waals surface area contributed by atoms with Gasteiger partial charge in [-0.2, -0.15) is 0 Å². The fraction of sp³-hybridized carbons (Fsp3) is 0.0556. The maximum atomic E-state index is 12.1. The van der Waals surface area contributed by atoms with Crippen molar-refractivity contribution in [3.63, 3.8) is 0 Å². The van der Waals surface area contributed by atoms with Gasteiger partial charge in [0, 0.05) is 18.0 Å². The lowest BCUT2D eigenvalue weighted by Gasteiger charge is -2.09. The molecule has 2 aromatic carbocycles. The Kier molecular flexibility index (Phi) is 4.01. The first-order valence-corrected chi connectivity index (χ1v) is 6.85. The van der Waals surface area contributed by atoms with Crippen molar-refractivity contribution in [2.45, 2.75) is 0 Å². The van der Waals surface area contributed by atoms with Crippen LogP contribution in [0, 0.1) is 0 Å². The van der Waals surface area contributed by atoms with Crippen LogP contribution in [0.25, 0.3) is 16.8 Å². The third kappa shape index (κ3) is 2.91. The fourth-order valence-electron chi connectivity index (χ4n) is 2.26. The van der Waals surface area contributed by atoms with E-state index in [0.717, 1.165) is 11.1 Å². The number of aromatic nitrogens is 1. The third-order valence-electron chi connectivity index (χ3n) is 3.35. The molecule has 3 rings (SSSR count). The highest BCUT2D eigenvalue weighted by molar-refractivity contribution is 5.62. The van der Waals surface area contributed by atoms with E-state index in [1.165, 1.54) is 6.07 Å². The molecule has 0 aliphatic rings. The maximum absolute atomic E-state index is 12.1. The van der Waals surface area contributed by atoms with E-state index in [0.29, 0.717) is 11.4 Å². The smallest absolute Gasteiger partial charge is 0.255 e. The highest BCUT2D eigenvalue weighted by atomic mass is 19.1. The van der Waals surface area contributed by atoms with Crippen molar-refractivity contribution >= 4 is 0 Å². The van der Waals surface area contributed by atoms with E-state index in [1.807, 2.05) is 30.3 Å². The standard InChI is InChI=1S/C18H14FNO2/c19-13-22-17-9-7-16(8-10-17)20-12-15(6-11-18(20)21)14-4-2-1-3-5-14/h1-12H,13H2. The summed E-state index contributed by atoms with van der Waals surface area (Å²) in [6, 6.07) is 19.9. The third-order valence-corrected chi connectivity index (χ3v) is 3.35. The summed E-state index contributed by atoms with van der Waals surface area (Å²) in [4.78, 5) is 12.1. The molecular formula is C18H14FNO2. The molecule has 22 heavy (non-hydrogen) atoms. The van der Waals surface area contributed by atoms with Gasteiger partial charge in [-0.05, 0) is 41.5 Å². The molecule has 0 amide bonds. The topological polar surface area (TPSA) is 31.2 Å². The number of pyridine rings is 1. The molecule has 0 saturated heterocycles. The van der Waals surface area contributed by atoms with E-state index < -0.39 is 6.86 Å². The molecule has 0 bridgehead atoms. The minimum absolute atomic E-state index is 0.126. The van der Waals surface area contributed by atoms with E-state index in [2.05, 4.69) is 0 Å². The van der Waals surface area contributed by atoms with Gasteiger partial charge in [-0.1, -0.05) is 30.3 Å². The van der Waals surface area contributed by atoms with Crippen molar-refractivity contribution in [2.24, 2.45) is 0 Å². The van der Waals surface area contributed by atoms with Gasteiger partial charge in [0.1, 0.15) is 5.75 Å². The van der Waals surface area contributed by atoms with E-state index in [-0.39, 0.29) is 5.56 Å². The molecule has 3 nitrogen and oxygen atoms in total. The van der Waals surface area contributed by atoms with Gasteiger partial charge >= 0.3 is 0 Å². The van der Waals surface area contributed by atoms with Gasteiger partial charge in [0.25, 0.3) is 5.56 Å². The molecule has 0 spiro atoms. The van der Waals surface area contributed by atoms with Crippen LogP contribution in [0.3, 0.4) is 0 Å². The molecule has 0 N–H and O–H groups in total. The highest BCUT2D eigenvalue weighted by Crippen LogP contribution is 2.19. The van der Waals surface area contributed by atoms with Crippen LogP contribution in [0.15, 0.2) is 77.7 Å².